The first kappa shape index (κ1) is 8.88. The van der Waals surface area contributed by atoms with E-state index in [1.165, 1.54) is 13.2 Å². The number of carbonyl (C=O) groups is 2. The highest BCUT2D eigenvalue weighted by Gasteiger charge is 2.18. The Morgan fingerprint density at radius 3 is 2.40 bits per heavy atom. The first-order valence-electron chi connectivity index (χ1n) is 2.88. The van der Waals surface area contributed by atoms with Gasteiger partial charge in [0.1, 0.15) is 0 Å². The summed E-state index contributed by atoms with van der Waals surface area (Å²) in [6.45, 7) is 4.96. The second kappa shape index (κ2) is 3.82. The van der Waals surface area contributed by atoms with Crippen LogP contribution in [0.25, 0.3) is 0 Å². The molecule has 10 heavy (non-hydrogen) atoms. The van der Waals surface area contributed by atoms with Crippen LogP contribution in [0, 0.1) is 5.92 Å². The van der Waals surface area contributed by atoms with Gasteiger partial charge in [-0.1, -0.05) is 13.0 Å². The van der Waals surface area contributed by atoms with Crippen molar-refractivity contribution in [2.24, 2.45) is 5.92 Å². The number of hydrogen-bond acceptors (Lipinski definition) is 3. The van der Waals surface area contributed by atoms with Crippen LogP contribution in [0.5, 0.6) is 0 Å². The van der Waals surface area contributed by atoms with Gasteiger partial charge in [0.25, 0.3) is 0 Å². The summed E-state index contributed by atoms with van der Waals surface area (Å²) in [5, 5.41) is 0. The summed E-state index contributed by atoms with van der Waals surface area (Å²) in [6, 6.07) is 0. The molecule has 0 aliphatic heterocycles. The maximum absolute atomic E-state index is 10.8. The largest absolute Gasteiger partial charge is 0.463 e. The van der Waals surface area contributed by atoms with Crippen molar-refractivity contribution in [1.29, 1.82) is 0 Å². The highest BCUT2D eigenvalue weighted by atomic mass is 16.5. The maximum Gasteiger partial charge on any atom is 0.374 e. The molecule has 1 unspecified atom stereocenters. The van der Waals surface area contributed by atoms with Crippen LogP contribution in [0.2, 0.25) is 0 Å². The molecule has 3 heteroatoms. The minimum Gasteiger partial charge on any atom is -0.463 e. The third kappa shape index (κ3) is 2.01. The lowest BCUT2D eigenvalue weighted by molar-refractivity contribution is -0.152. The second-order valence-corrected chi connectivity index (χ2v) is 1.88. The molecule has 1 atom stereocenters. The lowest BCUT2D eigenvalue weighted by Crippen LogP contribution is -2.21. The highest BCUT2D eigenvalue weighted by Crippen LogP contribution is 1.98. The van der Waals surface area contributed by atoms with Gasteiger partial charge < -0.3 is 4.74 Å². The van der Waals surface area contributed by atoms with Gasteiger partial charge in [-0.15, -0.1) is 6.58 Å². The van der Waals surface area contributed by atoms with Gasteiger partial charge in [0.2, 0.25) is 5.78 Å². The molecular formula is C7H10O3. The normalized spacial score (nSPS) is 11.8. The SMILES string of the molecule is C=CC(C)C(=O)C(=O)OC. The van der Waals surface area contributed by atoms with Crippen LogP contribution in [-0.2, 0) is 14.3 Å². The quantitative estimate of drug-likeness (QED) is 0.328. The summed E-state index contributed by atoms with van der Waals surface area (Å²) < 4.78 is 4.20. The molecule has 56 valence electrons. The summed E-state index contributed by atoms with van der Waals surface area (Å²) in [4.78, 5) is 21.3. The van der Waals surface area contributed by atoms with Crippen molar-refractivity contribution >= 4 is 11.8 Å². The van der Waals surface area contributed by atoms with Crippen LogP contribution in [0.1, 0.15) is 6.92 Å². The van der Waals surface area contributed by atoms with Crippen molar-refractivity contribution in [2.45, 2.75) is 6.92 Å². The molecule has 0 rings (SSSR count). The zero-order valence-corrected chi connectivity index (χ0v) is 6.09. The Kier molecular flexibility index (Phi) is 3.39. The van der Waals surface area contributed by atoms with Crippen molar-refractivity contribution < 1.29 is 14.3 Å². The number of rotatable bonds is 3. The molecule has 0 bridgehead atoms. The fraction of sp³-hybridized carbons (Fsp3) is 0.429. The van der Waals surface area contributed by atoms with Crippen molar-refractivity contribution in [2.75, 3.05) is 7.11 Å². The van der Waals surface area contributed by atoms with Crippen LogP contribution in [-0.4, -0.2) is 18.9 Å². The lowest BCUT2D eigenvalue weighted by Gasteiger charge is -2.00. The standard InChI is InChI=1S/C7H10O3/c1-4-5(2)6(8)7(9)10-3/h4-5H,1H2,2-3H3. The summed E-state index contributed by atoms with van der Waals surface area (Å²) in [5.41, 5.74) is 0. The van der Waals surface area contributed by atoms with Crippen LogP contribution >= 0.6 is 0 Å². The van der Waals surface area contributed by atoms with E-state index in [0.717, 1.165) is 0 Å². The van der Waals surface area contributed by atoms with Crippen LogP contribution in [0.15, 0.2) is 12.7 Å². The maximum atomic E-state index is 10.8. The topological polar surface area (TPSA) is 43.4 Å². The molecule has 0 saturated carbocycles. The highest BCUT2D eigenvalue weighted by molar-refractivity contribution is 6.34. The molecule has 0 aromatic carbocycles. The van der Waals surface area contributed by atoms with E-state index in [1.54, 1.807) is 6.92 Å². The van der Waals surface area contributed by atoms with E-state index in [-0.39, 0.29) is 0 Å². The fourth-order valence-corrected chi connectivity index (χ4v) is 0.394. The van der Waals surface area contributed by atoms with Crippen LogP contribution in [0.4, 0.5) is 0 Å². The zero-order chi connectivity index (χ0) is 8.15. The smallest absolute Gasteiger partial charge is 0.374 e. The first-order chi connectivity index (χ1) is 4.63. The fourth-order valence-electron chi connectivity index (χ4n) is 0.394. The van der Waals surface area contributed by atoms with Gasteiger partial charge in [-0.25, -0.2) is 4.79 Å². The average Bonchev–Trinajstić information content (AvgIpc) is 2.00. The van der Waals surface area contributed by atoms with Gasteiger partial charge in [-0.05, 0) is 0 Å². The monoisotopic (exact) mass is 142 g/mol. The van der Waals surface area contributed by atoms with Gasteiger partial charge in [-0.3, -0.25) is 4.79 Å². The third-order valence-electron chi connectivity index (χ3n) is 1.15. The van der Waals surface area contributed by atoms with E-state index >= 15 is 0 Å². The van der Waals surface area contributed by atoms with E-state index in [1.807, 2.05) is 0 Å². The van der Waals surface area contributed by atoms with E-state index < -0.39 is 17.7 Å². The second-order valence-electron chi connectivity index (χ2n) is 1.88. The molecule has 0 N–H and O–H groups in total. The molecule has 0 aliphatic rings. The first-order valence-corrected chi connectivity index (χ1v) is 2.88. The van der Waals surface area contributed by atoms with Crippen molar-refractivity contribution in [3.05, 3.63) is 12.7 Å². The van der Waals surface area contributed by atoms with Crippen LogP contribution in [0.3, 0.4) is 0 Å². The molecule has 0 radical (unpaired) electrons. The Morgan fingerprint density at radius 2 is 2.10 bits per heavy atom. The Morgan fingerprint density at radius 1 is 1.60 bits per heavy atom. The average molecular weight is 142 g/mol. The molecule has 3 nitrogen and oxygen atoms in total. The number of methoxy groups -OCH3 is 1. The lowest BCUT2D eigenvalue weighted by atomic mass is 10.1. The number of Topliss-reactive ketones (excluding diaryl/α,β-unsaturated/α-hetero) is 1. The molecule has 0 heterocycles. The van der Waals surface area contributed by atoms with Gasteiger partial charge in [0, 0.05) is 5.92 Å². The third-order valence-corrected chi connectivity index (χ3v) is 1.15. The molecule has 0 saturated heterocycles. The van der Waals surface area contributed by atoms with E-state index in [9.17, 15) is 9.59 Å². The summed E-state index contributed by atoms with van der Waals surface area (Å²) in [6.07, 6.45) is 1.40. The molecular weight excluding hydrogens is 132 g/mol. The predicted molar refractivity (Wildman–Crippen MR) is 36.4 cm³/mol. The molecule has 0 aliphatic carbocycles. The van der Waals surface area contributed by atoms with Crippen molar-refractivity contribution in [3.8, 4) is 0 Å². The van der Waals surface area contributed by atoms with Crippen molar-refractivity contribution in [1.82, 2.24) is 0 Å². The molecule has 0 fully saturated rings. The van der Waals surface area contributed by atoms with Gasteiger partial charge in [0.05, 0.1) is 7.11 Å². The Labute approximate surface area is 59.7 Å². The van der Waals surface area contributed by atoms with E-state index in [2.05, 4.69) is 11.3 Å². The number of esters is 1. The van der Waals surface area contributed by atoms with Gasteiger partial charge >= 0.3 is 5.97 Å². The summed E-state index contributed by atoms with van der Waals surface area (Å²) in [7, 11) is 1.18. The number of carbonyl (C=O) groups excluding carboxylic acids is 2. The summed E-state index contributed by atoms with van der Waals surface area (Å²) in [5.74, 6) is -1.82. The molecule has 0 aromatic heterocycles. The van der Waals surface area contributed by atoms with E-state index in [0.29, 0.717) is 0 Å². The van der Waals surface area contributed by atoms with Crippen molar-refractivity contribution in [3.63, 3.8) is 0 Å². The number of ketones is 1. The number of ether oxygens (including phenoxy) is 1. The van der Waals surface area contributed by atoms with E-state index in [4.69, 9.17) is 0 Å². The number of allylic oxidation sites excluding steroid dienone is 1. The van der Waals surface area contributed by atoms with Gasteiger partial charge in [0.15, 0.2) is 0 Å². The molecule has 0 amide bonds. The number of hydrogen-bond donors (Lipinski definition) is 0. The Bertz CT molecular complexity index is 160. The summed E-state index contributed by atoms with van der Waals surface area (Å²) >= 11 is 0. The van der Waals surface area contributed by atoms with Crippen LogP contribution < -0.4 is 0 Å². The molecule has 0 spiro atoms. The minimum atomic E-state index is -0.813. The Hall–Kier alpha value is -1.12. The molecule has 0 aromatic rings. The Balaban J connectivity index is 4.07. The van der Waals surface area contributed by atoms with Gasteiger partial charge in [-0.2, -0.15) is 0 Å². The predicted octanol–water partition coefficient (Wildman–Crippen LogP) is 0.551. The zero-order valence-electron chi connectivity index (χ0n) is 6.09. The minimum absolute atomic E-state index is 0.451.